The van der Waals surface area contributed by atoms with Crippen LogP contribution in [0.3, 0.4) is 0 Å². The van der Waals surface area contributed by atoms with E-state index in [-0.39, 0.29) is 30.2 Å². The Kier molecular flexibility index (Phi) is 8.52. The zero-order chi connectivity index (χ0) is 26.1. The van der Waals surface area contributed by atoms with Gasteiger partial charge in [0.1, 0.15) is 24.1 Å². The van der Waals surface area contributed by atoms with Crippen molar-refractivity contribution in [3.63, 3.8) is 0 Å². The molecule has 1 unspecified atom stereocenters. The number of hydrogen-bond acceptors (Lipinski definition) is 11. The third-order valence-electron chi connectivity index (χ3n) is 6.48. The van der Waals surface area contributed by atoms with Gasteiger partial charge in [-0.05, 0) is 31.4 Å². The van der Waals surface area contributed by atoms with Crippen LogP contribution in [0.15, 0.2) is 6.20 Å². The molecule has 2 aromatic heterocycles. The summed E-state index contributed by atoms with van der Waals surface area (Å²) in [6.07, 6.45) is 0.537. The quantitative estimate of drug-likeness (QED) is 0.127. The summed E-state index contributed by atoms with van der Waals surface area (Å²) >= 11 is 6.16. The molecule has 1 saturated carbocycles. The molecule has 2 aromatic rings. The van der Waals surface area contributed by atoms with Crippen LogP contribution in [0.4, 0.5) is 5.82 Å². The average molecular weight is 552 g/mol. The van der Waals surface area contributed by atoms with Gasteiger partial charge in [-0.3, -0.25) is 4.57 Å². The van der Waals surface area contributed by atoms with Crippen molar-refractivity contribution in [2.24, 2.45) is 0 Å². The first-order valence-corrected chi connectivity index (χ1v) is 13.6. The molecule has 2 fully saturated rings. The minimum absolute atomic E-state index is 0.0297. The fraction of sp³-hybridized carbons (Fsp3) is 0.750. The van der Waals surface area contributed by atoms with Crippen LogP contribution in [0.2, 0.25) is 5.28 Å². The monoisotopic (exact) mass is 551 g/mol. The third kappa shape index (κ3) is 5.68. The van der Waals surface area contributed by atoms with Crippen molar-refractivity contribution in [2.75, 3.05) is 31.7 Å². The van der Waals surface area contributed by atoms with E-state index in [1.54, 1.807) is 0 Å². The summed E-state index contributed by atoms with van der Waals surface area (Å²) in [5.41, 5.74) is 0.283. The predicted molar refractivity (Wildman–Crippen MR) is 126 cm³/mol. The highest BCUT2D eigenvalue weighted by Gasteiger charge is 2.49. The van der Waals surface area contributed by atoms with Crippen LogP contribution in [0.1, 0.15) is 38.8 Å². The smallest absolute Gasteiger partial charge is 0.359 e. The molecule has 6 N–H and O–H groups in total. The van der Waals surface area contributed by atoms with Crippen LogP contribution in [-0.2, 0) is 18.8 Å². The Bertz CT molecular complexity index is 1100. The predicted octanol–water partition coefficient (Wildman–Crippen LogP) is 0.373. The SMILES string of the molecule is CC(COCCO)(OC[C@H]1O[C@H](n2ncc3c(NC4CCCC4)nc(Cl)nc32)[C@H](O)[C@@H]1O)P(=O)(O)O. The lowest BCUT2D eigenvalue weighted by molar-refractivity contribution is -0.112. The van der Waals surface area contributed by atoms with Crippen LogP contribution >= 0.6 is 19.2 Å². The summed E-state index contributed by atoms with van der Waals surface area (Å²) < 4.78 is 29.6. The largest absolute Gasteiger partial charge is 0.394 e. The molecule has 36 heavy (non-hydrogen) atoms. The molecule has 0 amide bonds. The molecular weight excluding hydrogens is 521 g/mol. The van der Waals surface area contributed by atoms with Gasteiger partial charge in [0.25, 0.3) is 0 Å². The Labute approximate surface area is 211 Å². The first-order chi connectivity index (χ1) is 17.0. The minimum Gasteiger partial charge on any atom is -0.394 e. The average Bonchev–Trinajstić information content (AvgIpc) is 3.53. The van der Waals surface area contributed by atoms with Crippen LogP contribution in [0.25, 0.3) is 11.0 Å². The summed E-state index contributed by atoms with van der Waals surface area (Å²) in [7, 11) is -4.82. The summed E-state index contributed by atoms with van der Waals surface area (Å²) in [6, 6.07) is 0.254. The highest BCUT2D eigenvalue weighted by Crippen LogP contribution is 2.51. The van der Waals surface area contributed by atoms with E-state index in [1.807, 2.05) is 0 Å². The Hall–Kier alpha value is -1.45. The topological polar surface area (TPSA) is 202 Å². The fourth-order valence-corrected chi connectivity index (χ4v) is 4.99. The van der Waals surface area contributed by atoms with Crippen molar-refractivity contribution in [1.82, 2.24) is 19.7 Å². The number of nitrogens with one attached hydrogen (secondary N) is 1. The normalized spacial score (nSPS) is 27.1. The van der Waals surface area contributed by atoms with Gasteiger partial charge in [0.05, 0.1) is 38.0 Å². The molecule has 1 saturated heterocycles. The molecule has 0 radical (unpaired) electrons. The van der Waals surface area contributed by atoms with Gasteiger partial charge in [-0.25, -0.2) is 4.68 Å². The number of nitrogens with zero attached hydrogens (tertiary/aromatic N) is 4. The number of anilines is 1. The second-order valence-corrected chi connectivity index (χ2v) is 11.5. The second-order valence-electron chi connectivity index (χ2n) is 9.15. The standard InChI is InChI=1S/C20H31ClN5O9P/c1-20(36(30,31)32,10-33-7-6-27)34-9-13-14(28)15(29)18(35-13)26-17-12(8-22-26)16(24-19(21)25-17)23-11-4-2-3-5-11/h8,11,13-15,18,27-29H,2-7,9-10H2,1H3,(H,23,24,25)(H2,30,31,32)/t13-,14-,15-,18+,20?/m1/s1. The molecule has 0 bridgehead atoms. The lowest BCUT2D eigenvalue weighted by Crippen LogP contribution is -2.40. The molecular formula is C20H31ClN5O9P. The Morgan fingerprint density at radius 1 is 1.28 bits per heavy atom. The minimum atomic E-state index is -4.82. The number of aromatic nitrogens is 4. The van der Waals surface area contributed by atoms with Gasteiger partial charge in [-0.2, -0.15) is 15.1 Å². The molecule has 3 heterocycles. The lowest BCUT2D eigenvalue weighted by atomic mass is 10.1. The molecule has 0 aromatic carbocycles. The van der Waals surface area contributed by atoms with Gasteiger partial charge in [0.15, 0.2) is 17.2 Å². The van der Waals surface area contributed by atoms with Crippen molar-refractivity contribution >= 4 is 36.0 Å². The maximum absolute atomic E-state index is 12.0. The molecule has 1 aliphatic heterocycles. The zero-order valence-corrected chi connectivity index (χ0v) is 21.3. The molecule has 1 aliphatic carbocycles. The van der Waals surface area contributed by atoms with Crippen LogP contribution in [-0.4, -0.2) is 101 Å². The van der Waals surface area contributed by atoms with Gasteiger partial charge >= 0.3 is 7.60 Å². The summed E-state index contributed by atoms with van der Waals surface area (Å²) in [5, 5.41) is 36.3. The van der Waals surface area contributed by atoms with Gasteiger partial charge in [0.2, 0.25) is 5.28 Å². The van der Waals surface area contributed by atoms with E-state index in [4.69, 9.17) is 30.9 Å². The van der Waals surface area contributed by atoms with E-state index in [2.05, 4.69) is 20.4 Å². The fourth-order valence-electron chi connectivity index (χ4n) is 4.33. The van der Waals surface area contributed by atoms with Gasteiger partial charge in [-0.1, -0.05) is 12.8 Å². The first kappa shape index (κ1) is 27.6. The molecule has 14 nitrogen and oxygen atoms in total. The number of aliphatic hydroxyl groups is 3. The van der Waals surface area contributed by atoms with E-state index in [0.29, 0.717) is 11.2 Å². The molecule has 0 spiro atoms. The summed E-state index contributed by atoms with van der Waals surface area (Å²) in [5.74, 6) is 0.511. The Morgan fingerprint density at radius 3 is 2.67 bits per heavy atom. The number of fused-ring (bicyclic) bond motifs is 1. The van der Waals surface area contributed by atoms with Crippen molar-refractivity contribution in [1.29, 1.82) is 0 Å². The highest BCUT2D eigenvalue weighted by molar-refractivity contribution is 7.53. The Balaban J connectivity index is 1.51. The number of aliphatic hydroxyl groups excluding tert-OH is 3. The summed E-state index contributed by atoms with van der Waals surface area (Å²) in [6.45, 7) is -0.306. The van der Waals surface area contributed by atoms with Gasteiger partial charge in [0, 0.05) is 6.04 Å². The number of ether oxygens (including phenoxy) is 3. The highest BCUT2D eigenvalue weighted by atomic mass is 35.5. The van der Waals surface area contributed by atoms with Crippen LogP contribution < -0.4 is 5.32 Å². The summed E-state index contributed by atoms with van der Waals surface area (Å²) in [4.78, 5) is 28.0. The number of halogens is 1. The van der Waals surface area contributed by atoms with Crippen molar-refractivity contribution < 1.29 is 43.9 Å². The van der Waals surface area contributed by atoms with E-state index in [9.17, 15) is 24.6 Å². The van der Waals surface area contributed by atoms with Crippen molar-refractivity contribution in [3.05, 3.63) is 11.5 Å². The molecule has 16 heteroatoms. The van der Waals surface area contributed by atoms with Crippen molar-refractivity contribution in [2.45, 2.75) is 68.5 Å². The maximum Gasteiger partial charge on any atom is 0.359 e. The Morgan fingerprint density at radius 2 is 2.00 bits per heavy atom. The lowest BCUT2D eigenvalue weighted by Gasteiger charge is -2.31. The van der Waals surface area contributed by atoms with E-state index in [0.717, 1.165) is 32.6 Å². The van der Waals surface area contributed by atoms with Crippen molar-refractivity contribution in [3.8, 4) is 0 Å². The molecule has 5 atom stereocenters. The molecule has 2 aliphatic rings. The maximum atomic E-state index is 12.0. The zero-order valence-electron chi connectivity index (χ0n) is 19.6. The third-order valence-corrected chi connectivity index (χ3v) is 8.14. The number of hydrogen-bond donors (Lipinski definition) is 6. The van der Waals surface area contributed by atoms with E-state index < -0.39 is 50.7 Å². The van der Waals surface area contributed by atoms with Crippen LogP contribution in [0.5, 0.6) is 0 Å². The van der Waals surface area contributed by atoms with Gasteiger partial charge in [-0.15, -0.1) is 0 Å². The molecule has 202 valence electrons. The molecule has 4 rings (SSSR count). The van der Waals surface area contributed by atoms with Crippen LogP contribution in [0, 0.1) is 0 Å². The number of rotatable bonds is 11. The van der Waals surface area contributed by atoms with E-state index in [1.165, 1.54) is 10.9 Å². The first-order valence-electron chi connectivity index (χ1n) is 11.6. The second kappa shape index (κ2) is 11.1. The van der Waals surface area contributed by atoms with E-state index >= 15 is 0 Å². The van der Waals surface area contributed by atoms with Gasteiger partial charge < -0.3 is 44.6 Å².